The minimum absolute atomic E-state index is 0.447. The van der Waals surface area contributed by atoms with E-state index in [0.29, 0.717) is 12.8 Å². The number of ether oxygens (including phenoxy) is 1. The predicted molar refractivity (Wildman–Crippen MR) is 51.7 cm³/mol. The van der Waals surface area contributed by atoms with Gasteiger partial charge in [-0.25, -0.2) is 4.79 Å². The summed E-state index contributed by atoms with van der Waals surface area (Å²) in [5.74, 6) is -4.41. The minimum atomic E-state index is -1.24. The Bertz CT molecular complexity index is 298. The first-order valence-corrected chi connectivity index (χ1v) is 5.13. The van der Waals surface area contributed by atoms with Gasteiger partial charge in [0.1, 0.15) is 0 Å². The van der Waals surface area contributed by atoms with Crippen LogP contribution in [0.5, 0.6) is 0 Å². The summed E-state index contributed by atoms with van der Waals surface area (Å²) < 4.78 is 4.52. The van der Waals surface area contributed by atoms with Gasteiger partial charge in [0, 0.05) is 0 Å². The molecule has 2 N–H and O–H groups in total. The summed E-state index contributed by atoms with van der Waals surface area (Å²) in [5, 5.41) is 17.3. The molecule has 0 aromatic rings. The molecule has 0 amide bonds. The molecular formula is C10H14O6. The molecule has 1 saturated carbocycles. The Labute approximate surface area is 92.2 Å². The normalized spacial score (nSPS) is 24.8. The van der Waals surface area contributed by atoms with E-state index in [4.69, 9.17) is 10.2 Å². The van der Waals surface area contributed by atoms with E-state index in [-0.39, 0.29) is 0 Å². The lowest BCUT2D eigenvalue weighted by Gasteiger charge is -2.26. The fraction of sp³-hybridized carbons (Fsp3) is 0.700. The minimum Gasteiger partial charge on any atom is -0.481 e. The van der Waals surface area contributed by atoms with Crippen molar-refractivity contribution in [1.82, 2.24) is 0 Å². The number of carbonyl (C=O) groups is 3. The molecule has 1 fully saturated rings. The zero-order chi connectivity index (χ0) is 12.1. The molecule has 6 nitrogen and oxygen atoms in total. The fourth-order valence-corrected chi connectivity index (χ4v) is 1.95. The fourth-order valence-electron chi connectivity index (χ4n) is 1.95. The van der Waals surface area contributed by atoms with Crippen molar-refractivity contribution in [2.24, 2.45) is 11.8 Å². The van der Waals surface area contributed by atoms with Crippen LogP contribution >= 0.6 is 0 Å². The summed E-state index contributed by atoms with van der Waals surface area (Å²) in [4.78, 5) is 32.6. The molecule has 0 aliphatic heterocycles. The van der Waals surface area contributed by atoms with E-state index in [1.165, 1.54) is 0 Å². The van der Waals surface area contributed by atoms with E-state index in [2.05, 4.69) is 4.74 Å². The Kier molecular flexibility index (Phi) is 4.28. The molecule has 0 radical (unpaired) electrons. The molecule has 0 spiro atoms. The van der Waals surface area contributed by atoms with Gasteiger partial charge in [0.2, 0.25) is 0 Å². The standard InChI is InChI=1S/C10H14O6/c11-8(12)5-16-10(15)7-4-2-1-3-6(7)9(13)14/h6-7H,1-5H2,(H,11,12)(H,13,14). The first kappa shape index (κ1) is 12.5. The Balaban J connectivity index is 2.57. The van der Waals surface area contributed by atoms with Gasteiger partial charge in [0.15, 0.2) is 6.61 Å². The largest absolute Gasteiger partial charge is 0.481 e. The van der Waals surface area contributed by atoms with Crippen LogP contribution in [0.1, 0.15) is 25.7 Å². The molecule has 90 valence electrons. The average Bonchev–Trinajstić information content (AvgIpc) is 2.25. The summed E-state index contributed by atoms with van der Waals surface area (Å²) in [5.41, 5.74) is 0. The smallest absolute Gasteiger partial charge is 0.341 e. The predicted octanol–water partition coefficient (Wildman–Crippen LogP) is 0.505. The third kappa shape index (κ3) is 3.22. The molecule has 0 heterocycles. The molecule has 16 heavy (non-hydrogen) atoms. The van der Waals surface area contributed by atoms with Crippen LogP contribution in [0.3, 0.4) is 0 Å². The molecule has 1 rings (SSSR count). The third-order valence-corrected chi connectivity index (χ3v) is 2.72. The Morgan fingerprint density at radius 3 is 2.12 bits per heavy atom. The Morgan fingerprint density at radius 1 is 1.06 bits per heavy atom. The highest BCUT2D eigenvalue weighted by Crippen LogP contribution is 2.31. The maximum absolute atomic E-state index is 11.5. The van der Waals surface area contributed by atoms with Crippen LogP contribution in [-0.2, 0) is 19.1 Å². The zero-order valence-corrected chi connectivity index (χ0v) is 8.72. The monoisotopic (exact) mass is 230 g/mol. The lowest BCUT2D eigenvalue weighted by molar-refractivity contribution is -0.164. The van der Waals surface area contributed by atoms with Gasteiger partial charge in [-0.3, -0.25) is 9.59 Å². The number of carboxylic acids is 2. The summed E-state index contributed by atoms with van der Waals surface area (Å²) in [6.45, 7) is -0.707. The molecular weight excluding hydrogens is 216 g/mol. The van der Waals surface area contributed by atoms with Crippen molar-refractivity contribution in [2.75, 3.05) is 6.61 Å². The summed E-state index contributed by atoms with van der Waals surface area (Å²) in [7, 11) is 0. The first-order valence-electron chi connectivity index (χ1n) is 5.13. The maximum atomic E-state index is 11.5. The second kappa shape index (κ2) is 5.48. The van der Waals surface area contributed by atoms with Crippen molar-refractivity contribution in [3.8, 4) is 0 Å². The van der Waals surface area contributed by atoms with E-state index in [1.54, 1.807) is 0 Å². The lowest BCUT2D eigenvalue weighted by Crippen LogP contribution is -2.34. The van der Waals surface area contributed by atoms with Gasteiger partial charge in [-0.15, -0.1) is 0 Å². The van der Waals surface area contributed by atoms with Gasteiger partial charge in [-0.05, 0) is 12.8 Å². The van der Waals surface area contributed by atoms with Crippen LogP contribution < -0.4 is 0 Å². The van der Waals surface area contributed by atoms with Crippen molar-refractivity contribution in [1.29, 1.82) is 0 Å². The molecule has 0 aromatic carbocycles. The SMILES string of the molecule is O=C(O)COC(=O)C1CCCCC1C(=O)O. The molecule has 2 unspecified atom stereocenters. The molecule has 6 heteroatoms. The molecule has 2 atom stereocenters. The summed E-state index contributed by atoms with van der Waals surface area (Å²) in [6, 6.07) is 0. The first-order chi connectivity index (χ1) is 7.52. The van der Waals surface area contributed by atoms with E-state index in [9.17, 15) is 14.4 Å². The highest BCUT2D eigenvalue weighted by atomic mass is 16.5. The van der Waals surface area contributed by atoms with Gasteiger partial charge in [0.05, 0.1) is 11.8 Å². The number of rotatable bonds is 4. The lowest BCUT2D eigenvalue weighted by atomic mass is 9.79. The highest BCUT2D eigenvalue weighted by molar-refractivity contribution is 5.82. The number of carbonyl (C=O) groups excluding carboxylic acids is 1. The van der Waals surface area contributed by atoms with Crippen LogP contribution in [0.2, 0.25) is 0 Å². The topological polar surface area (TPSA) is 101 Å². The van der Waals surface area contributed by atoms with Crippen molar-refractivity contribution < 1.29 is 29.3 Å². The Hall–Kier alpha value is -1.59. The van der Waals surface area contributed by atoms with E-state index < -0.39 is 36.4 Å². The van der Waals surface area contributed by atoms with Crippen molar-refractivity contribution in [3.63, 3.8) is 0 Å². The second-order valence-corrected chi connectivity index (χ2v) is 3.84. The van der Waals surface area contributed by atoms with E-state index >= 15 is 0 Å². The van der Waals surface area contributed by atoms with Gasteiger partial charge >= 0.3 is 17.9 Å². The van der Waals surface area contributed by atoms with E-state index in [1.807, 2.05) is 0 Å². The zero-order valence-electron chi connectivity index (χ0n) is 8.72. The van der Waals surface area contributed by atoms with Gasteiger partial charge in [0.25, 0.3) is 0 Å². The van der Waals surface area contributed by atoms with Crippen LogP contribution in [0.15, 0.2) is 0 Å². The number of hydrogen-bond acceptors (Lipinski definition) is 4. The number of carboxylic acid groups (broad SMARTS) is 2. The maximum Gasteiger partial charge on any atom is 0.341 e. The molecule has 1 aliphatic carbocycles. The number of esters is 1. The molecule has 0 aromatic heterocycles. The van der Waals surface area contributed by atoms with Gasteiger partial charge < -0.3 is 14.9 Å². The van der Waals surface area contributed by atoms with Crippen LogP contribution in [0.25, 0.3) is 0 Å². The van der Waals surface area contributed by atoms with E-state index in [0.717, 1.165) is 12.8 Å². The van der Waals surface area contributed by atoms with Gasteiger partial charge in [-0.2, -0.15) is 0 Å². The van der Waals surface area contributed by atoms with Crippen LogP contribution in [-0.4, -0.2) is 34.7 Å². The van der Waals surface area contributed by atoms with Gasteiger partial charge in [-0.1, -0.05) is 12.8 Å². The molecule has 1 aliphatic rings. The summed E-state index contributed by atoms with van der Waals surface area (Å²) in [6.07, 6.45) is 2.45. The van der Waals surface area contributed by atoms with Crippen molar-refractivity contribution >= 4 is 17.9 Å². The second-order valence-electron chi connectivity index (χ2n) is 3.84. The third-order valence-electron chi connectivity index (χ3n) is 2.72. The highest BCUT2D eigenvalue weighted by Gasteiger charge is 2.36. The van der Waals surface area contributed by atoms with Crippen molar-refractivity contribution in [2.45, 2.75) is 25.7 Å². The average molecular weight is 230 g/mol. The number of aliphatic carboxylic acids is 2. The van der Waals surface area contributed by atoms with Crippen LogP contribution in [0.4, 0.5) is 0 Å². The quantitative estimate of drug-likeness (QED) is 0.682. The summed E-state index contributed by atoms with van der Waals surface area (Å²) >= 11 is 0. The number of hydrogen-bond donors (Lipinski definition) is 2. The molecule has 0 bridgehead atoms. The van der Waals surface area contributed by atoms with Crippen LogP contribution in [0, 0.1) is 11.8 Å². The molecule has 0 saturated heterocycles. The van der Waals surface area contributed by atoms with Crippen molar-refractivity contribution in [3.05, 3.63) is 0 Å². The Morgan fingerprint density at radius 2 is 1.62 bits per heavy atom.